The molecule has 1 aliphatic carbocycles. The summed E-state index contributed by atoms with van der Waals surface area (Å²) < 4.78 is 12.0. The molecule has 0 bridgehead atoms. The lowest BCUT2D eigenvalue weighted by molar-refractivity contribution is 0.232. The molecular weight excluding hydrogens is 435 g/mol. The molecule has 2 aliphatic rings. The van der Waals surface area contributed by atoms with Crippen molar-refractivity contribution in [3.05, 3.63) is 0 Å². The minimum absolute atomic E-state index is 0. The van der Waals surface area contributed by atoms with E-state index < -0.39 is 10.8 Å². The van der Waals surface area contributed by atoms with E-state index >= 15 is 0 Å². The van der Waals surface area contributed by atoms with Crippen LogP contribution < -0.4 is 10.6 Å². The molecule has 1 aliphatic heterocycles. The molecular formula is C17H35IN4OS. The Bertz CT molecular complexity index is 402. The van der Waals surface area contributed by atoms with Crippen molar-refractivity contribution >= 4 is 40.7 Å². The monoisotopic (exact) mass is 470 g/mol. The summed E-state index contributed by atoms with van der Waals surface area (Å²) in [4.78, 5) is 6.89. The van der Waals surface area contributed by atoms with Crippen molar-refractivity contribution in [1.29, 1.82) is 0 Å². The Hall–Kier alpha value is 0.110. The van der Waals surface area contributed by atoms with Crippen LogP contribution in [0.2, 0.25) is 0 Å². The van der Waals surface area contributed by atoms with Gasteiger partial charge in [0.2, 0.25) is 0 Å². The molecule has 142 valence electrons. The standard InChI is InChI=1S/C17H34N4OS.HI/c1-3-23(22)16-9-7-8-15(14-16)20-17(18-2)19-10-13-21-11-5-4-6-12-21;/h15-16H,3-14H2,1-2H3,(H2,18,19,20);1H. The van der Waals surface area contributed by atoms with Crippen LogP contribution in [0.1, 0.15) is 51.9 Å². The first-order valence-corrected chi connectivity index (χ1v) is 10.7. The molecule has 0 radical (unpaired) electrons. The smallest absolute Gasteiger partial charge is 0.191 e. The van der Waals surface area contributed by atoms with E-state index in [9.17, 15) is 4.21 Å². The number of likely N-dealkylation sites (tertiary alicyclic amines) is 1. The molecule has 3 atom stereocenters. The Morgan fingerprint density at radius 1 is 1.21 bits per heavy atom. The number of nitrogens with one attached hydrogen (secondary N) is 2. The van der Waals surface area contributed by atoms with Crippen molar-refractivity contribution in [2.75, 3.05) is 39.0 Å². The second kappa shape index (κ2) is 12.5. The van der Waals surface area contributed by atoms with Crippen LogP contribution in [-0.4, -0.2) is 65.3 Å². The van der Waals surface area contributed by atoms with Crippen molar-refractivity contribution in [3.63, 3.8) is 0 Å². The van der Waals surface area contributed by atoms with Crippen LogP contribution in [0.4, 0.5) is 0 Å². The summed E-state index contributed by atoms with van der Waals surface area (Å²) in [5, 5.41) is 7.34. The number of nitrogens with zero attached hydrogens (tertiary/aromatic N) is 2. The normalized spacial score (nSPS) is 27.2. The summed E-state index contributed by atoms with van der Waals surface area (Å²) in [6.07, 6.45) is 8.50. The minimum atomic E-state index is -0.667. The van der Waals surface area contributed by atoms with Gasteiger partial charge in [0, 0.05) is 48.0 Å². The van der Waals surface area contributed by atoms with Crippen molar-refractivity contribution in [2.24, 2.45) is 4.99 Å². The zero-order valence-electron chi connectivity index (χ0n) is 15.3. The molecule has 0 amide bonds. The number of hydrogen-bond donors (Lipinski definition) is 2. The first-order chi connectivity index (χ1) is 11.2. The number of hydrogen-bond acceptors (Lipinski definition) is 3. The minimum Gasteiger partial charge on any atom is -0.355 e. The average Bonchev–Trinajstić information content (AvgIpc) is 2.61. The van der Waals surface area contributed by atoms with Crippen LogP contribution in [0, 0.1) is 0 Å². The largest absolute Gasteiger partial charge is 0.355 e. The fraction of sp³-hybridized carbons (Fsp3) is 0.941. The van der Waals surface area contributed by atoms with Crippen LogP contribution >= 0.6 is 24.0 Å². The van der Waals surface area contributed by atoms with Gasteiger partial charge in [0.15, 0.2) is 5.96 Å². The predicted molar refractivity (Wildman–Crippen MR) is 115 cm³/mol. The molecule has 1 saturated heterocycles. The third-order valence-electron chi connectivity index (χ3n) is 5.02. The molecule has 0 aromatic rings. The van der Waals surface area contributed by atoms with Crippen LogP contribution in [0.15, 0.2) is 4.99 Å². The topological polar surface area (TPSA) is 56.7 Å². The second-order valence-corrected chi connectivity index (χ2v) is 8.71. The van der Waals surface area contributed by atoms with E-state index in [2.05, 4.69) is 20.5 Å². The van der Waals surface area contributed by atoms with Gasteiger partial charge in [-0.05, 0) is 45.2 Å². The van der Waals surface area contributed by atoms with Crippen molar-refractivity contribution in [3.8, 4) is 0 Å². The van der Waals surface area contributed by atoms with Gasteiger partial charge in [-0.15, -0.1) is 24.0 Å². The Kier molecular flexibility index (Phi) is 11.5. The Morgan fingerprint density at radius 3 is 2.62 bits per heavy atom. The Labute approximate surface area is 167 Å². The maximum atomic E-state index is 12.0. The van der Waals surface area contributed by atoms with E-state index in [1.165, 1.54) is 38.8 Å². The highest BCUT2D eigenvalue weighted by Gasteiger charge is 2.26. The summed E-state index contributed by atoms with van der Waals surface area (Å²) in [6.45, 7) is 6.53. The lowest BCUT2D eigenvalue weighted by Gasteiger charge is -2.30. The van der Waals surface area contributed by atoms with E-state index in [1.807, 2.05) is 14.0 Å². The molecule has 0 aromatic carbocycles. The predicted octanol–water partition coefficient (Wildman–Crippen LogP) is 2.34. The molecule has 2 rings (SSSR count). The van der Waals surface area contributed by atoms with E-state index in [0.717, 1.165) is 44.1 Å². The van der Waals surface area contributed by atoms with Gasteiger partial charge in [-0.1, -0.05) is 19.8 Å². The Morgan fingerprint density at radius 2 is 1.96 bits per heavy atom. The highest BCUT2D eigenvalue weighted by Crippen LogP contribution is 2.22. The van der Waals surface area contributed by atoms with Gasteiger partial charge in [0.25, 0.3) is 0 Å². The molecule has 1 saturated carbocycles. The van der Waals surface area contributed by atoms with Crippen LogP contribution in [0.5, 0.6) is 0 Å². The van der Waals surface area contributed by atoms with Crippen LogP contribution in [0.3, 0.4) is 0 Å². The highest BCUT2D eigenvalue weighted by molar-refractivity contribution is 14.0. The number of guanidine groups is 1. The summed E-state index contributed by atoms with van der Waals surface area (Å²) >= 11 is 0. The zero-order valence-corrected chi connectivity index (χ0v) is 18.4. The van der Waals surface area contributed by atoms with Crippen molar-refractivity contribution in [1.82, 2.24) is 15.5 Å². The van der Waals surface area contributed by atoms with E-state index in [4.69, 9.17) is 0 Å². The highest BCUT2D eigenvalue weighted by atomic mass is 127. The molecule has 2 fully saturated rings. The summed E-state index contributed by atoms with van der Waals surface area (Å²) in [7, 11) is 1.17. The van der Waals surface area contributed by atoms with Crippen LogP contribution in [-0.2, 0) is 10.8 Å². The summed E-state index contributed by atoms with van der Waals surface area (Å²) in [6, 6.07) is 0.408. The van der Waals surface area contributed by atoms with Gasteiger partial charge in [0.1, 0.15) is 0 Å². The Balaban J connectivity index is 0.00000288. The van der Waals surface area contributed by atoms with Gasteiger partial charge in [-0.3, -0.25) is 9.20 Å². The first kappa shape index (κ1) is 22.2. The fourth-order valence-corrected chi connectivity index (χ4v) is 5.00. The third kappa shape index (κ3) is 7.56. The lowest BCUT2D eigenvalue weighted by Crippen LogP contribution is -2.48. The fourth-order valence-electron chi connectivity index (χ4n) is 3.65. The molecule has 2 N–H and O–H groups in total. The van der Waals surface area contributed by atoms with Gasteiger partial charge in [-0.25, -0.2) is 0 Å². The van der Waals surface area contributed by atoms with E-state index in [0.29, 0.717) is 11.3 Å². The van der Waals surface area contributed by atoms with Gasteiger partial charge < -0.3 is 15.5 Å². The molecule has 7 heteroatoms. The van der Waals surface area contributed by atoms with Crippen molar-refractivity contribution < 1.29 is 4.21 Å². The van der Waals surface area contributed by atoms with Crippen molar-refractivity contribution in [2.45, 2.75) is 63.2 Å². The molecule has 24 heavy (non-hydrogen) atoms. The molecule has 3 unspecified atom stereocenters. The summed E-state index contributed by atoms with van der Waals surface area (Å²) in [5.74, 6) is 1.68. The zero-order chi connectivity index (χ0) is 16.5. The van der Waals surface area contributed by atoms with E-state index in [1.54, 1.807) is 0 Å². The maximum Gasteiger partial charge on any atom is 0.191 e. The molecule has 0 aromatic heterocycles. The quantitative estimate of drug-likeness (QED) is 0.356. The van der Waals surface area contributed by atoms with Gasteiger partial charge in [0.05, 0.1) is 0 Å². The summed E-state index contributed by atoms with van der Waals surface area (Å²) in [5.41, 5.74) is 0. The molecule has 0 spiro atoms. The molecule has 1 heterocycles. The van der Waals surface area contributed by atoms with E-state index in [-0.39, 0.29) is 24.0 Å². The number of rotatable bonds is 6. The first-order valence-electron chi connectivity index (χ1n) is 9.29. The van der Waals surface area contributed by atoms with Crippen LogP contribution in [0.25, 0.3) is 0 Å². The third-order valence-corrected chi connectivity index (χ3v) is 6.76. The maximum absolute atomic E-state index is 12.0. The average molecular weight is 470 g/mol. The SMILES string of the molecule is CCS(=O)C1CCCC(NC(=NC)NCCN2CCCCC2)C1.I. The molecule has 5 nitrogen and oxygen atoms in total. The van der Waals surface area contributed by atoms with Gasteiger partial charge in [-0.2, -0.15) is 0 Å². The lowest BCUT2D eigenvalue weighted by atomic mass is 9.95. The number of halogens is 1. The number of piperidine rings is 1. The van der Waals surface area contributed by atoms with Gasteiger partial charge >= 0.3 is 0 Å². The second-order valence-electron chi connectivity index (χ2n) is 6.70. The number of aliphatic imine (C=N–C) groups is 1.